The Labute approximate surface area is 176 Å². The molecule has 0 aliphatic carbocycles. The lowest BCUT2D eigenvalue weighted by molar-refractivity contribution is 0.0959. The van der Waals surface area contributed by atoms with E-state index in [4.69, 9.17) is 0 Å². The maximum Gasteiger partial charge on any atom is 0.316 e. The first-order valence-corrected chi connectivity index (χ1v) is 11.4. The predicted octanol–water partition coefficient (Wildman–Crippen LogP) is 5.78. The summed E-state index contributed by atoms with van der Waals surface area (Å²) >= 11 is 3.13. The van der Waals surface area contributed by atoms with Crippen LogP contribution in [0.4, 0.5) is 8.78 Å². The molecule has 0 fully saturated rings. The number of alkyl halides is 2. The number of halogens is 3. The van der Waals surface area contributed by atoms with Gasteiger partial charge in [-0.3, -0.25) is 9.36 Å². The van der Waals surface area contributed by atoms with Crippen molar-refractivity contribution in [2.24, 2.45) is 0 Å². The fourth-order valence-electron chi connectivity index (χ4n) is 3.13. The average Bonchev–Trinajstić information content (AvgIpc) is 2.72. The number of benzene rings is 3. The quantitative estimate of drug-likeness (QED) is 0.346. The summed E-state index contributed by atoms with van der Waals surface area (Å²) in [4.78, 5) is 22.8. The van der Waals surface area contributed by atoms with Crippen molar-refractivity contribution in [1.82, 2.24) is 0 Å². The number of carbonyl (C=O) groups is 1. The Hall–Kier alpha value is -2.14. The summed E-state index contributed by atoms with van der Waals surface area (Å²) < 4.78 is 37.9. The fourth-order valence-corrected chi connectivity index (χ4v) is 5.19. The number of Topliss-reactive ketones (excluding diaryl/α,β-unsaturated/α-hetero) is 1. The summed E-state index contributed by atoms with van der Waals surface area (Å²) in [7, 11) is -4.78. The third-order valence-corrected chi connectivity index (χ3v) is 7.21. The molecule has 0 amide bonds. The molecule has 3 aromatic rings. The lowest BCUT2D eigenvalue weighted by Gasteiger charge is -2.18. The summed E-state index contributed by atoms with van der Waals surface area (Å²) in [6, 6.07) is 22.5. The van der Waals surface area contributed by atoms with Gasteiger partial charge in [0, 0.05) is 10.0 Å². The van der Waals surface area contributed by atoms with E-state index in [1.54, 1.807) is 24.3 Å². The maximum atomic E-state index is 13.2. The van der Waals surface area contributed by atoms with Crippen LogP contribution in [0.1, 0.15) is 27.4 Å². The molecule has 3 nitrogen and oxygen atoms in total. The molecule has 0 aromatic heterocycles. The highest BCUT2D eigenvalue weighted by Gasteiger charge is 2.35. The Morgan fingerprint density at radius 1 is 0.966 bits per heavy atom. The van der Waals surface area contributed by atoms with Crippen LogP contribution in [0.5, 0.6) is 0 Å². The lowest BCUT2D eigenvalue weighted by atomic mass is 9.85. The van der Waals surface area contributed by atoms with Crippen LogP contribution < -0.4 is 5.30 Å². The minimum atomic E-state index is -4.78. The summed E-state index contributed by atoms with van der Waals surface area (Å²) in [6.07, 6.45) is -3.04. The van der Waals surface area contributed by atoms with Crippen LogP contribution in [0.25, 0.3) is 0 Å². The molecule has 0 heterocycles. The third kappa shape index (κ3) is 4.89. The van der Waals surface area contributed by atoms with Crippen molar-refractivity contribution in [2.75, 3.05) is 0 Å². The van der Waals surface area contributed by atoms with E-state index in [1.807, 2.05) is 36.4 Å². The fraction of sp³-hybridized carbons (Fsp3) is 0.136. The summed E-state index contributed by atoms with van der Waals surface area (Å²) in [5, 5.41) is -0.332. The smallest absolute Gasteiger partial charge is 0.316 e. The topological polar surface area (TPSA) is 54.4 Å². The third-order valence-electron chi connectivity index (χ3n) is 4.64. The molecule has 0 spiro atoms. The van der Waals surface area contributed by atoms with Gasteiger partial charge in [-0.2, -0.15) is 8.78 Å². The second kappa shape index (κ2) is 9.12. The molecular weight excluding hydrogens is 461 g/mol. The van der Waals surface area contributed by atoms with E-state index in [-0.39, 0.29) is 15.6 Å². The highest BCUT2D eigenvalue weighted by atomic mass is 79.9. The molecule has 2 unspecified atom stereocenters. The summed E-state index contributed by atoms with van der Waals surface area (Å²) in [5.41, 5.74) is 2.10. The number of carbonyl (C=O) groups excluding carboxylic acids is 1. The Bertz CT molecular complexity index is 1040. The molecule has 7 heteroatoms. The van der Waals surface area contributed by atoms with E-state index in [0.29, 0.717) is 17.5 Å². The van der Waals surface area contributed by atoms with Gasteiger partial charge < -0.3 is 4.89 Å². The van der Waals surface area contributed by atoms with Gasteiger partial charge in [0.15, 0.2) is 5.78 Å². The van der Waals surface area contributed by atoms with Crippen molar-refractivity contribution in [1.29, 1.82) is 0 Å². The molecule has 2 atom stereocenters. The summed E-state index contributed by atoms with van der Waals surface area (Å²) in [6.45, 7) is 0. The minimum absolute atomic E-state index is 0.0580. The number of rotatable bonds is 7. The number of ketones is 1. The van der Waals surface area contributed by atoms with Crippen LogP contribution in [-0.2, 0) is 11.0 Å². The van der Waals surface area contributed by atoms with Gasteiger partial charge in [-0.15, -0.1) is 0 Å². The molecule has 0 saturated heterocycles. The van der Waals surface area contributed by atoms with E-state index in [9.17, 15) is 23.0 Å². The van der Waals surface area contributed by atoms with Crippen molar-refractivity contribution >= 4 is 34.4 Å². The monoisotopic (exact) mass is 478 g/mol. The van der Waals surface area contributed by atoms with Crippen molar-refractivity contribution in [3.63, 3.8) is 0 Å². The number of hydrogen-bond acceptors (Lipinski definition) is 2. The number of hydrogen-bond donors (Lipinski definition) is 1. The van der Waals surface area contributed by atoms with Crippen LogP contribution in [0.3, 0.4) is 0 Å². The van der Waals surface area contributed by atoms with E-state index in [2.05, 4.69) is 15.9 Å². The van der Waals surface area contributed by atoms with Crippen LogP contribution in [-0.4, -0.2) is 16.8 Å². The Morgan fingerprint density at radius 2 is 1.55 bits per heavy atom. The van der Waals surface area contributed by atoms with Crippen molar-refractivity contribution in [3.05, 3.63) is 100 Å². The van der Waals surface area contributed by atoms with Crippen molar-refractivity contribution in [3.8, 4) is 0 Å². The van der Waals surface area contributed by atoms with Gasteiger partial charge in [0.2, 0.25) is 0 Å². The maximum absolute atomic E-state index is 13.2. The second-order valence-electron chi connectivity index (χ2n) is 6.58. The first kappa shape index (κ1) is 21.6. The Balaban J connectivity index is 1.96. The molecule has 0 saturated carbocycles. The van der Waals surface area contributed by atoms with Gasteiger partial charge in [0.25, 0.3) is 7.37 Å². The predicted molar refractivity (Wildman–Crippen MR) is 113 cm³/mol. The highest BCUT2D eigenvalue weighted by molar-refractivity contribution is 9.10. The van der Waals surface area contributed by atoms with Gasteiger partial charge in [-0.25, -0.2) is 0 Å². The van der Waals surface area contributed by atoms with Crippen LogP contribution in [0.15, 0.2) is 83.3 Å². The molecule has 3 aromatic carbocycles. The van der Waals surface area contributed by atoms with Crippen molar-refractivity contribution in [2.45, 2.75) is 18.5 Å². The molecule has 0 aliphatic rings. The standard InChI is InChI=1S/C22H18BrF2O3P/c23-19-14-15(11-12-20(19)29(27,28)22(24)25)13-18(16-7-3-1-4-8-16)21(26)17-9-5-2-6-10-17/h1-12,14,18,22H,13H2,(H,27,28). The molecule has 3 rings (SSSR count). The zero-order valence-electron chi connectivity index (χ0n) is 15.2. The average molecular weight is 479 g/mol. The first-order valence-electron chi connectivity index (χ1n) is 8.84. The second-order valence-corrected chi connectivity index (χ2v) is 9.56. The molecule has 29 heavy (non-hydrogen) atoms. The van der Waals surface area contributed by atoms with E-state index >= 15 is 0 Å². The van der Waals surface area contributed by atoms with Gasteiger partial charge in [-0.1, -0.05) is 66.7 Å². The molecule has 150 valence electrons. The Morgan fingerprint density at radius 3 is 2.10 bits per heavy atom. The van der Waals surface area contributed by atoms with Crippen LogP contribution in [0, 0.1) is 0 Å². The van der Waals surface area contributed by atoms with E-state index < -0.39 is 19.5 Å². The lowest BCUT2D eigenvalue weighted by Crippen LogP contribution is -2.17. The normalized spacial score (nSPS) is 14.4. The SMILES string of the molecule is O=C(c1ccccc1)C(Cc1ccc(P(=O)(O)C(F)F)c(Br)c1)c1ccccc1. The highest BCUT2D eigenvalue weighted by Crippen LogP contribution is 2.48. The van der Waals surface area contributed by atoms with Gasteiger partial charge >= 0.3 is 6.17 Å². The van der Waals surface area contributed by atoms with Crippen molar-refractivity contribution < 1.29 is 23.0 Å². The first-order chi connectivity index (χ1) is 13.8. The largest absolute Gasteiger partial charge is 0.337 e. The molecule has 0 radical (unpaired) electrons. The molecular formula is C22H18BrF2O3P. The molecule has 1 N–H and O–H groups in total. The zero-order valence-corrected chi connectivity index (χ0v) is 17.7. The molecule has 0 bridgehead atoms. The van der Waals surface area contributed by atoms with Gasteiger partial charge in [0.05, 0.1) is 11.2 Å². The van der Waals surface area contributed by atoms with Crippen LogP contribution >= 0.6 is 23.3 Å². The Kier molecular flexibility index (Phi) is 6.78. The van der Waals surface area contributed by atoms with Gasteiger partial charge in [-0.05, 0) is 45.6 Å². The molecule has 0 aliphatic heterocycles. The van der Waals surface area contributed by atoms with Crippen LogP contribution in [0.2, 0.25) is 0 Å². The van der Waals surface area contributed by atoms with E-state index in [1.165, 1.54) is 18.2 Å². The summed E-state index contributed by atoms with van der Waals surface area (Å²) in [5.74, 6) is -0.537. The minimum Gasteiger partial charge on any atom is -0.337 e. The zero-order chi connectivity index (χ0) is 21.0. The van der Waals surface area contributed by atoms with Gasteiger partial charge in [0.1, 0.15) is 0 Å². The van der Waals surface area contributed by atoms with E-state index in [0.717, 1.165) is 5.56 Å².